The highest BCUT2D eigenvalue weighted by molar-refractivity contribution is 6.08. The summed E-state index contributed by atoms with van der Waals surface area (Å²) in [4.78, 5) is 45.6. The Hall–Kier alpha value is -3.82. The van der Waals surface area contributed by atoms with Crippen molar-refractivity contribution in [2.45, 2.75) is 31.2 Å². The maximum Gasteiger partial charge on any atom is 0.322 e. The van der Waals surface area contributed by atoms with E-state index in [1.807, 2.05) is 0 Å². The molecule has 1 fully saturated rings. The number of urea groups is 1. The lowest BCUT2D eigenvalue weighted by Crippen LogP contribution is -2.55. The minimum Gasteiger partial charge on any atom is -0.322 e. The fourth-order valence-electron chi connectivity index (χ4n) is 3.76. The number of non-ortho nitro benzene ring substituents is 2. The molecule has 3 rings (SSSR count). The lowest BCUT2D eigenvalue weighted by atomic mass is 9.70. The number of nitro benzene ring substituents is 2. The van der Waals surface area contributed by atoms with Crippen LogP contribution >= 0.6 is 0 Å². The molecule has 1 heterocycles. The number of hydrogen-bond acceptors (Lipinski definition) is 6. The van der Waals surface area contributed by atoms with Crippen LogP contribution in [0.1, 0.15) is 36.8 Å². The van der Waals surface area contributed by atoms with Gasteiger partial charge in [-0.2, -0.15) is 0 Å². The zero-order valence-electron chi connectivity index (χ0n) is 15.6. The van der Waals surface area contributed by atoms with Crippen LogP contribution in [0.3, 0.4) is 0 Å². The van der Waals surface area contributed by atoms with E-state index in [2.05, 4.69) is 10.6 Å². The summed E-state index contributed by atoms with van der Waals surface area (Å²) in [7, 11) is 0. The van der Waals surface area contributed by atoms with Crippen molar-refractivity contribution in [3.8, 4) is 0 Å². The SMILES string of the molecule is CC(c1ccc([N+](=O)[O-])cc1)C1(C(C)c2ccc([N+](=O)[O-])cc2)NC(=O)NC1=O. The van der Waals surface area contributed by atoms with E-state index in [0.29, 0.717) is 11.1 Å². The Bertz CT molecular complexity index is 923. The molecule has 0 aromatic heterocycles. The molecule has 1 saturated heterocycles. The molecular weight excluding hydrogens is 380 g/mol. The fraction of sp³-hybridized carbons (Fsp3) is 0.263. The molecular formula is C19H18N4O6. The molecule has 10 heteroatoms. The van der Waals surface area contributed by atoms with Crippen LogP contribution in [0.2, 0.25) is 0 Å². The van der Waals surface area contributed by atoms with E-state index in [-0.39, 0.29) is 11.4 Å². The second-order valence-electron chi connectivity index (χ2n) is 6.92. The zero-order chi connectivity index (χ0) is 21.3. The first-order chi connectivity index (χ1) is 13.7. The normalized spacial score (nSPS) is 20.5. The molecule has 29 heavy (non-hydrogen) atoms. The summed E-state index contributed by atoms with van der Waals surface area (Å²) in [5.74, 6) is -1.61. The molecule has 2 aromatic rings. The molecule has 0 spiro atoms. The first-order valence-corrected chi connectivity index (χ1v) is 8.79. The smallest absolute Gasteiger partial charge is 0.322 e. The molecule has 2 aromatic carbocycles. The van der Waals surface area contributed by atoms with E-state index in [4.69, 9.17) is 0 Å². The average molecular weight is 398 g/mol. The standard InChI is InChI=1S/C19H18N4O6/c1-11(13-3-7-15(8-4-13)22(26)27)19(17(24)20-18(25)21-19)12(2)14-5-9-16(10-6-14)23(28)29/h3-12H,1-2H3,(H2,20,21,24,25). The van der Waals surface area contributed by atoms with Crippen molar-refractivity contribution in [1.29, 1.82) is 0 Å². The number of nitrogens with one attached hydrogen (secondary N) is 2. The van der Waals surface area contributed by atoms with Crippen LogP contribution in [0.4, 0.5) is 16.2 Å². The highest BCUT2D eigenvalue weighted by Gasteiger charge is 2.54. The molecule has 0 saturated carbocycles. The Labute approximate surface area is 165 Å². The van der Waals surface area contributed by atoms with Crippen molar-refractivity contribution >= 4 is 23.3 Å². The molecule has 0 aliphatic carbocycles. The molecule has 3 amide bonds. The van der Waals surface area contributed by atoms with Crippen molar-refractivity contribution < 1.29 is 19.4 Å². The van der Waals surface area contributed by atoms with Gasteiger partial charge in [0, 0.05) is 36.1 Å². The van der Waals surface area contributed by atoms with Crippen LogP contribution in [0.25, 0.3) is 0 Å². The van der Waals surface area contributed by atoms with Gasteiger partial charge in [0.1, 0.15) is 5.54 Å². The van der Waals surface area contributed by atoms with Gasteiger partial charge in [-0.15, -0.1) is 0 Å². The zero-order valence-corrected chi connectivity index (χ0v) is 15.6. The molecule has 0 bridgehead atoms. The van der Waals surface area contributed by atoms with E-state index in [0.717, 1.165) is 0 Å². The van der Waals surface area contributed by atoms with Gasteiger partial charge in [0.25, 0.3) is 17.3 Å². The van der Waals surface area contributed by atoms with Crippen molar-refractivity contribution in [3.63, 3.8) is 0 Å². The molecule has 2 unspecified atom stereocenters. The maximum atomic E-state index is 12.9. The minimum atomic E-state index is -1.37. The summed E-state index contributed by atoms with van der Waals surface area (Å²) in [5.41, 5.74) is -0.288. The molecule has 1 aliphatic rings. The van der Waals surface area contributed by atoms with Crippen molar-refractivity contribution in [1.82, 2.24) is 10.6 Å². The summed E-state index contributed by atoms with van der Waals surface area (Å²) in [5, 5.41) is 26.8. The molecule has 2 atom stereocenters. The number of amides is 3. The molecule has 2 N–H and O–H groups in total. The first kappa shape index (κ1) is 19.9. The van der Waals surface area contributed by atoms with Crippen molar-refractivity contribution in [3.05, 3.63) is 79.9 Å². The quantitative estimate of drug-likeness (QED) is 0.435. The van der Waals surface area contributed by atoms with Gasteiger partial charge in [-0.3, -0.25) is 30.3 Å². The van der Waals surface area contributed by atoms with Gasteiger partial charge in [0.2, 0.25) is 0 Å². The number of imide groups is 1. The molecule has 1 aliphatic heterocycles. The Balaban J connectivity index is 2.03. The summed E-state index contributed by atoms with van der Waals surface area (Å²) in [6.07, 6.45) is 0. The van der Waals surface area contributed by atoms with Crippen LogP contribution in [0, 0.1) is 20.2 Å². The van der Waals surface area contributed by atoms with E-state index >= 15 is 0 Å². The van der Waals surface area contributed by atoms with Crippen LogP contribution in [0.15, 0.2) is 48.5 Å². The number of rotatable bonds is 6. The number of benzene rings is 2. The Kier molecular flexibility index (Phi) is 5.02. The van der Waals surface area contributed by atoms with E-state index in [1.165, 1.54) is 24.3 Å². The highest BCUT2D eigenvalue weighted by Crippen LogP contribution is 2.42. The monoisotopic (exact) mass is 398 g/mol. The lowest BCUT2D eigenvalue weighted by molar-refractivity contribution is -0.385. The number of hydrogen-bond donors (Lipinski definition) is 2. The molecule has 0 radical (unpaired) electrons. The van der Waals surface area contributed by atoms with Crippen LogP contribution in [-0.2, 0) is 4.79 Å². The van der Waals surface area contributed by atoms with Gasteiger partial charge in [-0.1, -0.05) is 38.1 Å². The average Bonchev–Trinajstić information content (AvgIpc) is 3.01. The number of carbonyl (C=O) groups is 2. The number of nitrogens with zero attached hydrogens (tertiary/aromatic N) is 2. The predicted octanol–water partition coefficient (Wildman–Crippen LogP) is 2.99. The van der Waals surface area contributed by atoms with Crippen molar-refractivity contribution in [2.24, 2.45) is 0 Å². The summed E-state index contributed by atoms with van der Waals surface area (Å²) < 4.78 is 0. The predicted molar refractivity (Wildman–Crippen MR) is 102 cm³/mol. The Morgan fingerprint density at radius 3 is 1.45 bits per heavy atom. The van der Waals surface area contributed by atoms with Gasteiger partial charge in [0.15, 0.2) is 0 Å². The Morgan fingerprint density at radius 1 is 0.793 bits per heavy atom. The second kappa shape index (κ2) is 7.30. The largest absolute Gasteiger partial charge is 0.322 e. The third kappa shape index (κ3) is 3.40. The summed E-state index contributed by atoms with van der Waals surface area (Å²) in [6.45, 7) is 3.49. The third-order valence-electron chi connectivity index (χ3n) is 5.50. The topological polar surface area (TPSA) is 144 Å². The Morgan fingerprint density at radius 2 is 1.17 bits per heavy atom. The number of nitro groups is 2. The molecule has 150 valence electrons. The first-order valence-electron chi connectivity index (χ1n) is 8.79. The van der Waals surface area contributed by atoms with Gasteiger partial charge < -0.3 is 5.32 Å². The summed E-state index contributed by atoms with van der Waals surface area (Å²) >= 11 is 0. The summed E-state index contributed by atoms with van der Waals surface area (Å²) in [6, 6.07) is 10.9. The van der Waals surface area contributed by atoms with Crippen LogP contribution in [-0.4, -0.2) is 27.3 Å². The highest BCUT2D eigenvalue weighted by atomic mass is 16.6. The van der Waals surface area contributed by atoms with Crippen LogP contribution in [0.5, 0.6) is 0 Å². The fourth-order valence-corrected chi connectivity index (χ4v) is 3.76. The number of carbonyl (C=O) groups excluding carboxylic acids is 2. The minimum absolute atomic E-state index is 0.0849. The van der Waals surface area contributed by atoms with Crippen LogP contribution < -0.4 is 10.6 Å². The van der Waals surface area contributed by atoms with Gasteiger partial charge >= 0.3 is 6.03 Å². The maximum absolute atomic E-state index is 12.9. The van der Waals surface area contributed by atoms with E-state index in [1.54, 1.807) is 38.1 Å². The van der Waals surface area contributed by atoms with E-state index in [9.17, 15) is 29.8 Å². The van der Waals surface area contributed by atoms with E-state index < -0.39 is 39.2 Å². The van der Waals surface area contributed by atoms with Crippen molar-refractivity contribution in [2.75, 3.05) is 0 Å². The van der Waals surface area contributed by atoms with Gasteiger partial charge in [-0.05, 0) is 11.1 Å². The van der Waals surface area contributed by atoms with Gasteiger partial charge in [0.05, 0.1) is 9.85 Å². The third-order valence-corrected chi connectivity index (χ3v) is 5.50. The molecule has 10 nitrogen and oxygen atoms in total. The lowest BCUT2D eigenvalue weighted by Gasteiger charge is -2.38. The second-order valence-corrected chi connectivity index (χ2v) is 6.92. The van der Waals surface area contributed by atoms with Gasteiger partial charge in [-0.25, -0.2) is 4.79 Å².